The Morgan fingerprint density at radius 1 is 1.62 bits per heavy atom. The van der Waals surface area contributed by atoms with Gasteiger partial charge in [0, 0.05) is 18.0 Å². The Hall–Kier alpha value is -0.520. The van der Waals surface area contributed by atoms with Crippen molar-refractivity contribution >= 4 is 11.5 Å². The van der Waals surface area contributed by atoms with Crippen molar-refractivity contribution in [2.45, 2.75) is 26.4 Å². The van der Waals surface area contributed by atoms with Gasteiger partial charge in [0.05, 0.1) is 12.3 Å². The standard InChI is InChI=1S/C8H15N3OS/c1-6(2)8(4-12)9-3-7-5-13-11-10-7/h5-6,8-9,12H,3-4H2,1-2H3/t8-/m1/s1. The van der Waals surface area contributed by atoms with E-state index in [0.29, 0.717) is 12.5 Å². The molecule has 1 heterocycles. The third kappa shape index (κ3) is 3.38. The molecule has 0 spiro atoms. The minimum absolute atomic E-state index is 0.140. The Balaban J connectivity index is 2.32. The maximum atomic E-state index is 9.03. The number of nitrogens with one attached hydrogen (secondary N) is 1. The first kappa shape index (κ1) is 10.6. The van der Waals surface area contributed by atoms with Gasteiger partial charge in [-0.3, -0.25) is 0 Å². The summed E-state index contributed by atoms with van der Waals surface area (Å²) >= 11 is 1.34. The predicted octanol–water partition coefficient (Wildman–Crippen LogP) is 0.645. The quantitative estimate of drug-likeness (QED) is 0.734. The van der Waals surface area contributed by atoms with Gasteiger partial charge >= 0.3 is 0 Å². The fourth-order valence-electron chi connectivity index (χ4n) is 1.01. The van der Waals surface area contributed by atoms with Gasteiger partial charge in [-0.25, -0.2) is 0 Å². The summed E-state index contributed by atoms with van der Waals surface area (Å²) < 4.78 is 3.76. The van der Waals surface area contributed by atoms with Crippen LogP contribution in [-0.2, 0) is 6.54 Å². The van der Waals surface area contributed by atoms with Crippen molar-refractivity contribution < 1.29 is 5.11 Å². The van der Waals surface area contributed by atoms with Crippen LogP contribution in [0.25, 0.3) is 0 Å². The van der Waals surface area contributed by atoms with E-state index in [2.05, 4.69) is 28.8 Å². The Bertz CT molecular complexity index is 225. The smallest absolute Gasteiger partial charge is 0.0893 e. The molecule has 4 nitrogen and oxygen atoms in total. The van der Waals surface area contributed by atoms with Crippen LogP contribution >= 0.6 is 11.5 Å². The Kier molecular flexibility index (Phi) is 4.27. The Labute approximate surface area is 82.2 Å². The van der Waals surface area contributed by atoms with Crippen LogP contribution in [0.5, 0.6) is 0 Å². The van der Waals surface area contributed by atoms with E-state index in [-0.39, 0.29) is 12.6 Å². The molecule has 0 aliphatic heterocycles. The van der Waals surface area contributed by atoms with Crippen LogP contribution in [0.15, 0.2) is 5.38 Å². The normalized spacial score (nSPS) is 13.5. The average molecular weight is 201 g/mol. The lowest BCUT2D eigenvalue weighted by Gasteiger charge is -2.18. The Morgan fingerprint density at radius 3 is 2.85 bits per heavy atom. The van der Waals surface area contributed by atoms with Crippen LogP contribution in [0.4, 0.5) is 0 Å². The van der Waals surface area contributed by atoms with E-state index < -0.39 is 0 Å². The number of rotatable bonds is 5. The highest BCUT2D eigenvalue weighted by molar-refractivity contribution is 7.03. The fourth-order valence-corrected chi connectivity index (χ4v) is 1.46. The van der Waals surface area contributed by atoms with Crippen LogP contribution < -0.4 is 5.32 Å². The molecule has 5 heteroatoms. The van der Waals surface area contributed by atoms with E-state index in [1.807, 2.05) is 5.38 Å². The molecule has 0 aliphatic carbocycles. The summed E-state index contributed by atoms with van der Waals surface area (Å²) in [5, 5.41) is 18.1. The molecule has 0 amide bonds. The summed E-state index contributed by atoms with van der Waals surface area (Å²) in [6, 6.07) is 0.140. The molecule has 0 aromatic carbocycles. The van der Waals surface area contributed by atoms with Crippen molar-refractivity contribution in [1.29, 1.82) is 0 Å². The molecule has 0 bridgehead atoms. The molecule has 1 aromatic rings. The first-order valence-corrected chi connectivity index (χ1v) is 5.18. The van der Waals surface area contributed by atoms with Gasteiger partial charge in [0.2, 0.25) is 0 Å². The first-order chi connectivity index (χ1) is 6.24. The van der Waals surface area contributed by atoms with Crippen LogP contribution in [0.1, 0.15) is 19.5 Å². The number of aliphatic hydroxyl groups excluding tert-OH is 1. The predicted molar refractivity (Wildman–Crippen MR) is 52.5 cm³/mol. The van der Waals surface area contributed by atoms with Gasteiger partial charge < -0.3 is 10.4 Å². The molecule has 1 rings (SSSR count). The summed E-state index contributed by atoms with van der Waals surface area (Å²) in [6.07, 6.45) is 0. The largest absolute Gasteiger partial charge is 0.395 e. The van der Waals surface area contributed by atoms with Gasteiger partial charge in [0.1, 0.15) is 0 Å². The van der Waals surface area contributed by atoms with Crippen LogP contribution in [0.3, 0.4) is 0 Å². The second-order valence-electron chi connectivity index (χ2n) is 3.31. The molecule has 0 aliphatic rings. The second-order valence-corrected chi connectivity index (χ2v) is 3.92. The van der Waals surface area contributed by atoms with Gasteiger partial charge in [-0.15, -0.1) is 5.10 Å². The van der Waals surface area contributed by atoms with Crippen LogP contribution in [0.2, 0.25) is 0 Å². The van der Waals surface area contributed by atoms with E-state index >= 15 is 0 Å². The van der Waals surface area contributed by atoms with E-state index in [9.17, 15) is 0 Å². The molecule has 0 radical (unpaired) electrons. The molecule has 13 heavy (non-hydrogen) atoms. The number of hydrogen-bond acceptors (Lipinski definition) is 5. The van der Waals surface area contributed by atoms with Gasteiger partial charge in [-0.2, -0.15) is 0 Å². The van der Waals surface area contributed by atoms with Crippen molar-refractivity contribution in [3.63, 3.8) is 0 Å². The van der Waals surface area contributed by atoms with E-state index in [4.69, 9.17) is 5.11 Å². The molecular formula is C8H15N3OS. The zero-order valence-electron chi connectivity index (χ0n) is 7.90. The van der Waals surface area contributed by atoms with Crippen molar-refractivity contribution in [2.24, 2.45) is 5.92 Å². The zero-order chi connectivity index (χ0) is 9.68. The fraction of sp³-hybridized carbons (Fsp3) is 0.750. The zero-order valence-corrected chi connectivity index (χ0v) is 8.71. The summed E-state index contributed by atoms with van der Waals surface area (Å²) in [4.78, 5) is 0. The monoisotopic (exact) mass is 201 g/mol. The molecule has 0 fully saturated rings. The molecular weight excluding hydrogens is 186 g/mol. The van der Waals surface area contributed by atoms with Gasteiger partial charge in [0.25, 0.3) is 0 Å². The molecule has 1 atom stereocenters. The highest BCUT2D eigenvalue weighted by Crippen LogP contribution is 2.02. The molecule has 0 unspecified atom stereocenters. The molecule has 0 saturated heterocycles. The molecule has 2 N–H and O–H groups in total. The summed E-state index contributed by atoms with van der Waals surface area (Å²) in [7, 11) is 0. The van der Waals surface area contributed by atoms with Crippen molar-refractivity contribution in [3.05, 3.63) is 11.1 Å². The third-order valence-corrected chi connectivity index (χ3v) is 2.51. The molecule has 1 aromatic heterocycles. The molecule has 74 valence electrons. The van der Waals surface area contributed by atoms with Crippen molar-refractivity contribution in [1.82, 2.24) is 14.9 Å². The highest BCUT2D eigenvalue weighted by atomic mass is 32.1. The second kappa shape index (κ2) is 5.26. The van der Waals surface area contributed by atoms with Crippen molar-refractivity contribution in [3.8, 4) is 0 Å². The van der Waals surface area contributed by atoms with Crippen molar-refractivity contribution in [2.75, 3.05) is 6.61 Å². The third-order valence-electron chi connectivity index (χ3n) is 1.95. The number of hydrogen-bond donors (Lipinski definition) is 2. The first-order valence-electron chi connectivity index (χ1n) is 4.34. The van der Waals surface area contributed by atoms with E-state index in [1.54, 1.807) is 0 Å². The minimum atomic E-state index is 0.140. The maximum Gasteiger partial charge on any atom is 0.0893 e. The average Bonchev–Trinajstić information content (AvgIpc) is 2.57. The van der Waals surface area contributed by atoms with Gasteiger partial charge in [0.15, 0.2) is 0 Å². The van der Waals surface area contributed by atoms with Crippen LogP contribution in [0, 0.1) is 5.92 Å². The lowest BCUT2D eigenvalue weighted by Crippen LogP contribution is -2.36. The van der Waals surface area contributed by atoms with Crippen LogP contribution in [-0.4, -0.2) is 27.3 Å². The summed E-state index contributed by atoms with van der Waals surface area (Å²) in [5.41, 5.74) is 0.934. The minimum Gasteiger partial charge on any atom is -0.395 e. The van der Waals surface area contributed by atoms with E-state index in [1.165, 1.54) is 11.5 Å². The topological polar surface area (TPSA) is 58.0 Å². The van der Waals surface area contributed by atoms with E-state index in [0.717, 1.165) is 5.69 Å². The number of aromatic nitrogens is 2. The lowest BCUT2D eigenvalue weighted by molar-refractivity contribution is 0.209. The SMILES string of the molecule is CC(C)[C@@H](CO)NCc1csnn1. The lowest BCUT2D eigenvalue weighted by atomic mass is 10.1. The number of aliphatic hydroxyl groups is 1. The van der Waals surface area contributed by atoms with Gasteiger partial charge in [-0.1, -0.05) is 18.3 Å². The highest BCUT2D eigenvalue weighted by Gasteiger charge is 2.11. The molecule has 0 saturated carbocycles. The Morgan fingerprint density at radius 2 is 2.38 bits per heavy atom. The summed E-state index contributed by atoms with van der Waals surface area (Å²) in [6.45, 7) is 5.00. The number of nitrogens with zero attached hydrogens (tertiary/aromatic N) is 2. The van der Waals surface area contributed by atoms with Gasteiger partial charge in [-0.05, 0) is 17.5 Å². The maximum absolute atomic E-state index is 9.03. The summed E-state index contributed by atoms with van der Waals surface area (Å²) in [5.74, 6) is 0.427.